The zero-order chi connectivity index (χ0) is 29.8. The number of nitrogens with one attached hydrogen (secondary N) is 2. The van der Waals surface area contributed by atoms with Crippen molar-refractivity contribution in [1.82, 2.24) is 19.9 Å². The quantitative estimate of drug-likeness (QED) is 0.133. The molecule has 1 fully saturated rings. The molecule has 8 N–H and O–H groups in total. The summed E-state index contributed by atoms with van der Waals surface area (Å²) in [7, 11) is 0. The molecule has 3 heterocycles. The SMILES string of the molecule is C[C@H](N)CCCc1cc(Cl)c(F)c(-c2cc3cn(-c4ccc([C@@H]5CCC[C@@H](CCN=C(N)N)N5)cc4)c(=O)nc3[nH]2)c1. The molecule has 0 amide bonds. The Morgan fingerprint density at radius 3 is 2.74 bits per heavy atom. The summed E-state index contributed by atoms with van der Waals surface area (Å²) < 4.78 is 16.6. The van der Waals surface area contributed by atoms with Gasteiger partial charge in [0.25, 0.3) is 0 Å². The van der Waals surface area contributed by atoms with Crippen LogP contribution in [0.4, 0.5) is 4.39 Å². The monoisotopic (exact) mass is 592 g/mol. The lowest BCUT2D eigenvalue weighted by molar-refractivity contribution is 0.315. The van der Waals surface area contributed by atoms with E-state index in [0.717, 1.165) is 56.1 Å². The van der Waals surface area contributed by atoms with E-state index >= 15 is 4.39 Å². The predicted octanol–water partition coefficient (Wildman–Crippen LogP) is 4.69. The average Bonchev–Trinajstić information content (AvgIpc) is 3.37. The van der Waals surface area contributed by atoms with Crippen LogP contribution in [0.5, 0.6) is 0 Å². The van der Waals surface area contributed by atoms with Gasteiger partial charge in [0.1, 0.15) is 5.65 Å². The minimum Gasteiger partial charge on any atom is -0.370 e. The molecule has 0 aliphatic carbocycles. The van der Waals surface area contributed by atoms with Crippen LogP contribution in [0, 0.1) is 5.82 Å². The lowest BCUT2D eigenvalue weighted by Crippen LogP contribution is -2.37. The molecule has 11 heteroatoms. The number of piperidine rings is 1. The van der Waals surface area contributed by atoms with Gasteiger partial charge in [-0.2, -0.15) is 4.98 Å². The Labute approximate surface area is 249 Å². The molecule has 5 rings (SSSR count). The molecule has 9 nitrogen and oxygen atoms in total. The molecule has 0 spiro atoms. The van der Waals surface area contributed by atoms with Gasteiger partial charge in [-0.05, 0) is 86.9 Å². The third-order valence-corrected chi connectivity index (χ3v) is 8.11. The van der Waals surface area contributed by atoms with Gasteiger partial charge >= 0.3 is 5.69 Å². The highest BCUT2D eigenvalue weighted by molar-refractivity contribution is 6.31. The summed E-state index contributed by atoms with van der Waals surface area (Å²) in [5, 5.41) is 4.45. The first-order chi connectivity index (χ1) is 20.2. The second kappa shape index (κ2) is 13.1. The maximum Gasteiger partial charge on any atom is 0.354 e. The number of rotatable bonds is 10. The molecule has 42 heavy (non-hydrogen) atoms. The van der Waals surface area contributed by atoms with Crippen molar-refractivity contribution < 1.29 is 4.39 Å². The van der Waals surface area contributed by atoms with Crippen molar-refractivity contribution in [3.05, 3.63) is 81.1 Å². The lowest BCUT2D eigenvalue weighted by Gasteiger charge is -2.31. The lowest BCUT2D eigenvalue weighted by atomic mass is 9.92. The van der Waals surface area contributed by atoms with Crippen LogP contribution in [0.2, 0.25) is 5.02 Å². The van der Waals surface area contributed by atoms with Gasteiger partial charge in [0.05, 0.1) is 16.4 Å². The van der Waals surface area contributed by atoms with Crippen LogP contribution in [0.1, 0.15) is 62.6 Å². The molecule has 0 radical (unpaired) electrons. The Kier molecular flexibility index (Phi) is 9.25. The number of nitrogens with zero attached hydrogens (tertiary/aromatic N) is 3. The van der Waals surface area contributed by atoms with Crippen LogP contribution in [0.15, 0.2) is 58.4 Å². The summed E-state index contributed by atoms with van der Waals surface area (Å²) in [6.45, 7) is 2.57. The summed E-state index contributed by atoms with van der Waals surface area (Å²) in [5.74, 6) is -0.397. The smallest absolute Gasteiger partial charge is 0.354 e. The van der Waals surface area contributed by atoms with E-state index in [2.05, 4.69) is 20.3 Å². The first kappa shape index (κ1) is 29.8. The van der Waals surface area contributed by atoms with E-state index < -0.39 is 11.5 Å². The first-order valence-corrected chi connectivity index (χ1v) is 14.8. The van der Waals surface area contributed by atoms with Gasteiger partial charge in [-0.15, -0.1) is 0 Å². The van der Waals surface area contributed by atoms with Crippen LogP contribution in [0.25, 0.3) is 28.0 Å². The molecule has 3 atom stereocenters. The number of benzene rings is 2. The Morgan fingerprint density at radius 1 is 1.21 bits per heavy atom. The normalized spacial score (nSPS) is 17.8. The number of aromatic nitrogens is 3. The second-order valence-corrected chi connectivity index (χ2v) is 11.6. The largest absolute Gasteiger partial charge is 0.370 e. The number of hydrogen-bond donors (Lipinski definition) is 5. The van der Waals surface area contributed by atoms with E-state index in [1.54, 1.807) is 24.4 Å². The number of guanidine groups is 1. The van der Waals surface area contributed by atoms with Crippen molar-refractivity contribution in [3.8, 4) is 16.9 Å². The Hall–Kier alpha value is -3.73. The highest BCUT2D eigenvalue weighted by Crippen LogP contribution is 2.32. The number of halogens is 2. The third-order valence-electron chi connectivity index (χ3n) is 7.84. The minimum atomic E-state index is -0.514. The Balaban J connectivity index is 1.35. The van der Waals surface area contributed by atoms with Gasteiger partial charge in [0.15, 0.2) is 11.8 Å². The summed E-state index contributed by atoms with van der Waals surface area (Å²) in [6, 6.07) is 13.8. The summed E-state index contributed by atoms with van der Waals surface area (Å²) in [4.78, 5) is 24.4. The van der Waals surface area contributed by atoms with Crippen LogP contribution in [-0.4, -0.2) is 39.1 Å². The van der Waals surface area contributed by atoms with Gasteiger partial charge in [-0.1, -0.05) is 30.2 Å². The maximum atomic E-state index is 15.1. The van der Waals surface area contributed by atoms with Crippen molar-refractivity contribution >= 4 is 28.6 Å². The van der Waals surface area contributed by atoms with Gasteiger partial charge in [0, 0.05) is 41.8 Å². The van der Waals surface area contributed by atoms with Crippen molar-refractivity contribution in [2.45, 2.75) is 70.0 Å². The fourth-order valence-electron chi connectivity index (χ4n) is 5.66. The highest BCUT2D eigenvalue weighted by Gasteiger charge is 2.22. The molecular formula is C31H38ClFN8O. The van der Waals surface area contributed by atoms with Crippen LogP contribution >= 0.6 is 11.6 Å². The summed E-state index contributed by atoms with van der Waals surface area (Å²) >= 11 is 6.25. The van der Waals surface area contributed by atoms with Crippen LogP contribution in [0.3, 0.4) is 0 Å². The van der Waals surface area contributed by atoms with Crippen molar-refractivity contribution in [2.24, 2.45) is 22.2 Å². The van der Waals surface area contributed by atoms with Gasteiger partial charge in [-0.3, -0.25) is 9.56 Å². The molecule has 0 bridgehead atoms. The highest BCUT2D eigenvalue weighted by atomic mass is 35.5. The standard InChI is InChI=1S/C31H38ClFN8O/c1-18(34)4-2-5-19-14-24(28(33)25(32)15-19)27-16-21-17-41(31(42)40-29(21)39-27)23-10-8-20(9-11-23)26-7-3-6-22(38-26)12-13-37-30(35)36/h8-11,14-18,22,26,38H,2-7,12-13,34H2,1H3,(H4,35,36,37)(H,39,40,42)/t18-,22-,26-/m0/s1. The fourth-order valence-corrected chi connectivity index (χ4v) is 5.91. The zero-order valence-corrected chi connectivity index (χ0v) is 24.5. The molecule has 1 aliphatic rings. The molecule has 2 aromatic heterocycles. The molecule has 0 saturated carbocycles. The van der Waals surface area contributed by atoms with E-state index in [0.29, 0.717) is 40.6 Å². The Morgan fingerprint density at radius 2 is 2.00 bits per heavy atom. The molecule has 2 aromatic carbocycles. The van der Waals surface area contributed by atoms with Gasteiger partial charge in [0.2, 0.25) is 0 Å². The number of fused-ring (bicyclic) bond motifs is 1. The summed E-state index contributed by atoms with van der Waals surface area (Å²) in [5.41, 5.74) is 20.4. The molecule has 1 aliphatic heterocycles. The summed E-state index contributed by atoms with van der Waals surface area (Å²) in [6.07, 6.45) is 8.32. The van der Waals surface area contributed by atoms with E-state index in [9.17, 15) is 4.79 Å². The zero-order valence-electron chi connectivity index (χ0n) is 23.7. The maximum absolute atomic E-state index is 15.1. The van der Waals surface area contributed by atoms with E-state index in [-0.39, 0.29) is 23.1 Å². The molecular weight excluding hydrogens is 555 g/mol. The first-order valence-electron chi connectivity index (χ1n) is 14.5. The van der Waals surface area contributed by atoms with Crippen molar-refractivity contribution in [1.29, 1.82) is 0 Å². The Bertz CT molecular complexity index is 1620. The van der Waals surface area contributed by atoms with Gasteiger partial charge in [-0.25, -0.2) is 9.18 Å². The molecule has 4 aromatic rings. The number of nitrogens with two attached hydrogens (primary N) is 3. The van der Waals surface area contributed by atoms with Crippen molar-refractivity contribution in [3.63, 3.8) is 0 Å². The fraction of sp³-hybridized carbons (Fsp3) is 0.387. The second-order valence-electron chi connectivity index (χ2n) is 11.2. The molecule has 1 saturated heterocycles. The predicted molar refractivity (Wildman–Crippen MR) is 167 cm³/mol. The van der Waals surface area contributed by atoms with E-state index in [1.807, 2.05) is 31.2 Å². The van der Waals surface area contributed by atoms with Gasteiger partial charge < -0.3 is 27.5 Å². The number of aliphatic imine (C=N–C) groups is 1. The average molecular weight is 593 g/mol. The van der Waals surface area contributed by atoms with Crippen LogP contribution in [-0.2, 0) is 6.42 Å². The van der Waals surface area contributed by atoms with Crippen molar-refractivity contribution in [2.75, 3.05) is 6.54 Å². The van der Waals surface area contributed by atoms with Crippen LogP contribution < -0.4 is 28.2 Å². The molecule has 0 unspecified atom stereocenters. The minimum absolute atomic E-state index is 0.0575. The number of aromatic amines is 1. The topological polar surface area (TPSA) is 153 Å². The number of hydrogen-bond acceptors (Lipinski definition) is 5. The number of H-pyrrole nitrogens is 1. The van der Waals surface area contributed by atoms with E-state index in [4.69, 9.17) is 28.8 Å². The number of aryl methyl sites for hydroxylation is 1. The third kappa shape index (κ3) is 7.00. The molecule has 222 valence electrons. The van der Waals surface area contributed by atoms with E-state index in [1.165, 1.54) is 4.57 Å².